The van der Waals surface area contributed by atoms with Crippen LogP contribution in [0.3, 0.4) is 0 Å². The summed E-state index contributed by atoms with van der Waals surface area (Å²) in [5.41, 5.74) is -0.247. The largest absolute Gasteiger partial charge is 0.449 e. The van der Waals surface area contributed by atoms with Gasteiger partial charge in [0.2, 0.25) is 5.75 Å². The highest BCUT2D eigenvalue weighted by molar-refractivity contribution is 6.35. The van der Waals surface area contributed by atoms with Crippen molar-refractivity contribution in [2.75, 3.05) is 0 Å². The van der Waals surface area contributed by atoms with Gasteiger partial charge in [-0.1, -0.05) is 29.3 Å². The van der Waals surface area contributed by atoms with Crippen LogP contribution in [0.4, 0.5) is 5.69 Å². The van der Waals surface area contributed by atoms with Crippen LogP contribution in [0.25, 0.3) is 0 Å². The zero-order valence-electron chi connectivity index (χ0n) is 8.89. The average Bonchev–Trinajstić information content (AvgIpc) is 2.33. The summed E-state index contributed by atoms with van der Waals surface area (Å²) in [5, 5.41) is 11.5. The van der Waals surface area contributed by atoms with Crippen LogP contribution in [0.5, 0.6) is 11.5 Å². The Balaban J connectivity index is 2.37. The molecular weight excluding hydrogens is 277 g/mol. The topological polar surface area (TPSA) is 52.4 Å². The Hall–Kier alpha value is -1.78. The average molecular weight is 283 g/mol. The minimum Gasteiger partial charge on any atom is -0.449 e. The van der Waals surface area contributed by atoms with Crippen molar-refractivity contribution in [2.24, 2.45) is 0 Å². The normalized spacial score (nSPS) is 10.1. The molecule has 91 valence electrons. The fraction of sp³-hybridized carbons (Fsp3) is 0. The van der Waals surface area contributed by atoms with Gasteiger partial charge in [-0.2, -0.15) is 0 Å². The molecule has 0 N–H and O–H groups in total. The van der Waals surface area contributed by atoms with Gasteiger partial charge in [-0.05, 0) is 30.3 Å². The number of nitro benzene ring substituents is 1. The number of halogens is 2. The van der Waals surface area contributed by atoms with Gasteiger partial charge in [0.15, 0.2) is 0 Å². The lowest BCUT2D eigenvalue weighted by molar-refractivity contribution is -0.386. The molecule has 4 nitrogen and oxygen atoms in total. The van der Waals surface area contributed by atoms with Crippen molar-refractivity contribution >= 4 is 28.9 Å². The molecule has 0 aliphatic carbocycles. The van der Waals surface area contributed by atoms with Crippen LogP contribution < -0.4 is 4.74 Å². The van der Waals surface area contributed by atoms with Gasteiger partial charge < -0.3 is 4.74 Å². The first-order chi connectivity index (χ1) is 8.58. The molecule has 0 spiro atoms. The summed E-state index contributed by atoms with van der Waals surface area (Å²) in [6.07, 6.45) is 0. The summed E-state index contributed by atoms with van der Waals surface area (Å²) >= 11 is 11.7. The summed E-state index contributed by atoms with van der Waals surface area (Å²) < 4.78 is 5.39. The van der Waals surface area contributed by atoms with Crippen molar-refractivity contribution < 1.29 is 9.66 Å². The molecule has 0 atom stereocenters. The standard InChI is InChI=1S/C12H6Cl2NO3/c13-8-5-6-11(9(14)7-8)18-12-4-2-1-3-10(12)15(16)17/h1-2,4-7H. The van der Waals surface area contributed by atoms with Crippen LogP contribution in [0, 0.1) is 16.2 Å². The first-order valence-corrected chi connectivity index (χ1v) is 5.61. The second kappa shape index (κ2) is 5.25. The van der Waals surface area contributed by atoms with Crippen molar-refractivity contribution in [1.82, 2.24) is 0 Å². The Morgan fingerprint density at radius 3 is 2.67 bits per heavy atom. The van der Waals surface area contributed by atoms with E-state index in [1.165, 1.54) is 18.2 Å². The van der Waals surface area contributed by atoms with Crippen LogP contribution in [0.15, 0.2) is 36.4 Å². The second-order valence-corrected chi connectivity index (χ2v) is 4.16. The number of nitro groups is 1. The zero-order chi connectivity index (χ0) is 13.1. The molecule has 0 unspecified atom stereocenters. The number of para-hydroxylation sites is 1. The van der Waals surface area contributed by atoms with Crippen LogP contribution in [0.1, 0.15) is 0 Å². The van der Waals surface area contributed by atoms with Crippen LogP contribution >= 0.6 is 23.2 Å². The van der Waals surface area contributed by atoms with Gasteiger partial charge in [0.1, 0.15) is 5.75 Å². The maximum Gasteiger partial charge on any atom is 0.319 e. The van der Waals surface area contributed by atoms with Crippen molar-refractivity contribution in [3.8, 4) is 11.5 Å². The van der Waals surface area contributed by atoms with Gasteiger partial charge in [0.25, 0.3) is 0 Å². The van der Waals surface area contributed by atoms with E-state index in [1.807, 2.05) is 0 Å². The number of nitrogens with zero attached hydrogens (tertiary/aromatic N) is 1. The molecular formula is C12H6Cl2NO3. The second-order valence-electron chi connectivity index (χ2n) is 3.32. The van der Waals surface area contributed by atoms with E-state index < -0.39 is 4.92 Å². The van der Waals surface area contributed by atoms with Gasteiger partial charge in [0, 0.05) is 5.02 Å². The van der Waals surface area contributed by atoms with E-state index in [0.29, 0.717) is 10.8 Å². The predicted molar refractivity (Wildman–Crippen MR) is 68.5 cm³/mol. The Bertz CT molecular complexity index is 602. The summed E-state index contributed by atoms with van der Waals surface area (Å²) in [6, 6.07) is 11.6. The summed E-state index contributed by atoms with van der Waals surface area (Å²) in [6.45, 7) is 0. The summed E-state index contributed by atoms with van der Waals surface area (Å²) in [5.74, 6) is 0.371. The van der Waals surface area contributed by atoms with Crippen molar-refractivity contribution in [2.45, 2.75) is 0 Å². The summed E-state index contributed by atoms with van der Waals surface area (Å²) in [7, 11) is 0. The molecule has 0 saturated carbocycles. The maximum absolute atomic E-state index is 10.8. The highest BCUT2D eigenvalue weighted by Gasteiger charge is 2.16. The first kappa shape index (κ1) is 12.7. The van der Waals surface area contributed by atoms with E-state index in [0.717, 1.165) is 0 Å². The van der Waals surface area contributed by atoms with Gasteiger partial charge in [-0.25, -0.2) is 0 Å². The Morgan fingerprint density at radius 1 is 1.22 bits per heavy atom. The Morgan fingerprint density at radius 2 is 2.00 bits per heavy atom. The molecule has 0 fully saturated rings. The molecule has 0 bridgehead atoms. The lowest BCUT2D eigenvalue weighted by atomic mass is 10.3. The molecule has 6 heteroatoms. The third-order valence-corrected chi connectivity index (χ3v) is 2.62. The lowest BCUT2D eigenvalue weighted by Crippen LogP contribution is -1.93. The number of hydrogen-bond acceptors (Lipinski definition) is 3. The van der Waals surface area contributed by atoms with Crippen molar-refractivity contribution in [3.63, 3.8) is 0 Å². The predicted octanol–water partition coefficient (Wildman–Crippen LogP) is 4.49. The number of benzene rings is 2. The first-order valence-electron chi connectivity index (χ1n) is 4.86. The monoisotopic (exact) mass is 282 g/mol. The quantitative estimate of drug-likeness (QED) is 0.615. The molecule has 0 heterocycles. The molecule has 2 rings (SSSR count). The molecule has 2 aromatic carbocycles. The molecule has 1 radical (unpaired) electrons. The van der Waals surface area contributed by atoms with Crippen molar-refractivity contribution in [1.29, 1.82) is 0 Å². The maximum atomic E-state index is 10.8. The summed E-state index contributed by atoms with van der Waals surface area (Å²) in [4.78, 5) is 10.2. The van der Waals surface area contributed by atoms with Crippen LogP contribution in [-0.2, 0) is 0 Å². The van der Waals surface area contributed by atoms with E-state index in [9.17, 15) is 10.1 Å². The van der Waals surface area contributed by atoms with E-state index in [2.05, 4.69) is 6.07 Å². The smallest absolute Gasteiger partial charge is 0.319 e. The van der Waals surface area contributed by atoms with Gasteiger partial charge in [-0.15, -0.1) is 0 Å². The van der Waals surface area contributed by atoms with Gasteiger partial charge in [0.05, 0.1) is 16.0 Å². The van der Waals surface area contributed by atoms with E-state index >= 15 is 0 Å². The fourth-order valence-electron chi connectivity index (χ4n) is 1.31. The molecule has 0 aromatic heterocycles. The van der Waals surface area contributed by atoms with E-state index in [1.54, 1.807) is 18.2 Å². The van der Waals surface area contributed by atoms with E-state index in [4.69, 9.17) is 27.9 Å². The molecule has 2 aromatic rings. The zero-order valence-corrected chi connectivity index (χ0v) is 10.4. The minimum atomic E-state index is -0.570. The number of rotatable bonds is 3. The fourth-order valence-corrected chi connectivity index (χ4v) is 1.76. The lowest BCUT2D eigenvalue weighted by Gasteiger charge is -2.07. The molecule has 0 aliphatic heterocycles. The number of hydrogen-bond donors (Lipinski definition) is 0. The molecule has 0 aliphatic rings. The Kier molecular flexibility index (Phi) is 3.69. The van der Waals surface area contributed by atoms with Gasteiger partial charge in [-0.3, -0.25) is 10.1 Å². The Labute approximate surface area is 113 Å². The third-order valence-electron chi connectivity index (χ3n) is 2.09. The molecule has 0 saturated heterocycles. The van der Waals surface area contributed by atoms with Crippen molar-refractivity contribution in [3.05, 3.63) is 62.6 Å². The van der Waals surface area contributed by atoms with Gasteiger partial charge >= 0.3 is 5.69 Å². The SMILES string of the molecule is O=[N+]([O-])c1[c]cccc1Oc1ccc(Cl)cc1Cl. The third kappa shape index (κ3) is 2.72. The number of ether oxygens (including phenoxy) is 1. The molecule has 18 heavy (non-hydrogen) atoms. The molecule has 0 amide bonds. The van der Waals surface area contributed by atoms with Crippen LogP contribution in [-0.4, -0.2) is 4.92 Å². The van der Waals surface area contributed by atoms with E-state index in [-0.39, 0.29) is 16.5 Å². The highest BCUT2D eigenvalue weighted by Crippen LogP contribution is 2.35. The van der Waals surface area contributed by atoms with Crippen LogP contribution in [0.2, 0.25) is 10.0 Å². The minimum absolute atomic E-state index is 0.0757. The highest BCUT2D eigenvalue weighted by atomic mass is 35.5.